The van der Waals surface area contributed by atoms with Gasteiger partial charge in [0.2, 0.25) is 5.91 Å². The summed E-state index contributed by atoms with van der Waals surface area (Å²) in [4.78, 5) is 27.0. The van der Waals surface area contributed by atoms with Crippen LogP contribution in [0, 0.1) is 18.6 Å². The van der Waals surface area contributed by atoms with Gasteiger partial charge in [0, 0.05) is 19.9 Å². The molecule has 0 bridgehead atoms. The average molecular weight is 552 g/mol. The van der Waals surface area contributed by atoms with Crippen molar-refractivity contribution in [3.05, 3.63) is 65.0 Å². The van der Waals surface area contributed by atoms with Crippen molar-refractivity contribution in [1.82, 2.24) is 19.4 Å². The SMILES string of the molecule is COCC(C)(N)CNc1nc(-c2c(C)nc3c(OCc4c(F)cccc4F)cccn23)nc2c1C(C)(C)C(=O)N2. The van der Waals surface area contributed by atoms with Crippen molar-refractivity contribution in [3.8, 4) is 17.3 Å². The Balaban J connectivity index is 1.56. The van der Waals surface area contributed by atoms with Crippen LogP contribution in [0.1, 0.15) is 37.6 Å². The van der Waals surface area contributed by atoms with Gasteiger partial charge >= 0.3 is 0 Å². The monoisotopic (exact) mass is 551 g/mol. The van der Waals surface area contributed by atoms with Crippen molar-refractivity contribution in [2.24, 2.45) is 5.73 Å². The normalized spacial score (nSPS) is 15.6. The first kappa shape index (κ1) is 27.4. The average Bonchev–Trinajstić information content (AvgIpc) is 3.34. The summed E-state index contributed by atoms with van der Waals surface area (Å²) in [7, 11) is 1.58. The number of rotatable bonds is 9. The fourth-order valence-electron chi connectivity index (χ4n) is 4.78. The van der Waals surface area contributed by atoms with Gasteiger partial charge in [-0.05, 0) is 52.0 Å². The Bertz CT molecular complexity index is 1600. The maximum Gasteiger partial charge on any atom is 0.235 e. The predicted molar refractivity (Wildman–Crippen MR) is 146 cm³/mol. The Morgan fingerprint density at radius 2 is 1.88 bits per heavy atom. The number of nitrogens with zero attached hydrogens (tertiary/aromatic N) is 4. The minimum atomic E-state index is -0.875. The van der Waals surface area contributed by atoms with E-state index in [0.29, 0.717) is 59.0 Å². The zero-order valence-corrected chi connectivity index (χ0v) is 22.9. The first-order valence-electron chi connectivity index (χ1n) is 12.7. The number of nitrogens with two attached hydrogens (primary N) is 1. The van der Waals surface area contributed by atoms with E-state index in [0.717, 1.165) is 0 Å². The standard InChI is InChI=1S/C28H31F2N7O3/c1-15-21(37-11-7-10-19(25(37)33-15)40-12-16-17(29)8-6-9-18(16)30)24-34-22(32-13-28(4,31)14-39-5)20-23(35-24)36-26(38)27(20,2)3/h6-11H,12-14,31H2,1-5H3,(H2,32,34,35,36,38). The smallest absolute Gasteiger partial charge is 0.235 e. The fourth-order valence-corrected chi connectivity index (χ4v) is 4.78. The maximum atomic E-state index is 14.2. The summed E-state index contributed by atoms with van der Waals surface area (Å²) in [6.45, 7) is 7.58. The molecule has 3 aromatic heterocycles. The molecule has 210 valence electrons. The number of hydrogen-bond donors (Lipinski definition) is 3. The number of fused-ring (bicyclic) bond motifs is 2. The summed E-state index contributed by atoms with van der Waals surface area (Å²) in [6, 6.07) is 7.06. The molecule has 1 amide bonds. The van der Waals surface area contributed by atoms with Crippen LogP contribution < -0.4 is 21.1 Å². The molecular weight excluding hydrogens is 520 g/mol. The summed E-state index contributed by atoms with van der Waals surface area (Å²) in [5.41, 5.74) is 6.82. The molecule has 4 aromatic rings. The number of methoxy groups -OCH3 is 1. The lowest BCUT2D eigenvalue weighted by molar-refractivity contribution is -0.119. The Hall–Kier alpha value is -4.16. The van der Waals surface area contributed by atoms with Gasteiger partial charge in [0.25, 0.3) is 0 Å². The molecule has 0 fully saturated rings. The molecular formula is C28H31F2N7O3. The van der Waals surface area contributed by atoms with Gasteiger partial charge in [0.15, 0.2) is 17.2 Å². The molecule has 40 heavy (non-hydrogen) atoms. The van der Waals surface area contributed by atoms with Gasteiger partial charge in [-0.25, -0.2) is 23.7 Å². The highest BCUT2D eigenvalue weighted by Crippen LogP contribution is 2.42. The van der Waals surface area contributed by atoms with E-state index in [9.17, 15) is 13.6 Å². The van der Waals surface area contributed by atoms with Crippen molar-refractivity contribution in [2.75, 3.05) is 30.9 Å². The molecule has 0 aliphatic carbocycles. The van der Waals surface area contributed by atoms with Gasteiger partial charge in [0.1, 0.15) is 35.6 Å². The predicted octanol–water partition coefficient (Wildman–Crippen LogP) is 3.96. The Morgan fingerprint density at radius 1 is 1.15 bits per heavy atom. The third-order valence-electron chi connectivity index (χ3n) is 6.90. The number of nitrogens with one attached hydrogen (secondary N) is 2. The molecule has 4 N–H and O–H groups in total. The second-order valence-corrected chi connectivity index (χ2v) is 10.7. The molecule has 5 rings (SSSR count). The highest BCUT2D eigenvalue weighted by atomic mass is 19.1. The third kappa shape index (κ3) is 4.84. The second kappa shape index (κ2) is 10.1. The van der Waals surface area contributed by atoms with Crippen LogP contribution in [0.5, 0.6) is 5.75 Å². The molecule has 10 nitrogen and oxygen atoms in total. The van der Waals surface area contributed by atoms with Crippen LogP contribution in [-0.4, -0.2) is 51.1 Å². The van der Waals surface area contributed by atoms with Crippen molar-refractivity contribution in [3.63, 3.8) is 0 Å². The number of halogens is 2. The van der Waals surface area contributed by atoms with Crippen molar-refractivity contribution in [1.29, 1.82) is 0 Å². The zero-order chi connectivity index (χ0) is 28.8. The number of pyridine rings is 1. The molecule has 4 heterocycles. The number of anilines is 2. The summed E-state index contributed by atoms with van der Waals surface area (Å²) >= 11 is 0. The lowest BCUT2D eigenvalue weighted by Crippen LogP contribution is -2.47. The van der Waals surface area contributed by atoms with Gasteiger partial charge in [-0.3, -0.25) is 9.20 Å². The van der Waals surface area contributed by atoms with Crippen LogP contribution >= 0.6 is 0 Å². The fraction of sp³-hybridized carbons (Fsp3) is 0.357. The maximum absolute atomic E-state index is 14.2. The molecule has 1 aliphatic rings. The van der Waals surface area contributed by atoms with Crippen molar-refractivity contribution >= 4 is 23.2 Å². The largest absolute Gasteiger partial charge is 0.485 e. The number of aromatic nitrogens is 4. The number of ether oxygens (including phenoxy) is 2. The number of benzene rings is 1. The molecule has 12 heteroatoms. The van der Waals surface area contributed by atoms with E-state index >= 15 is 0 Å². The minimum Gasteiger partial charge on any atom is -0.485 e. The summed E-state index contributed by atoms with van der Waals surface area (Å²) in [6.07, 6.45) is 1.77. The zero-order valence-electron chi connectivity index (χ0n) is 22.9. The Morgan fingerprint density at radius 3 is 2.58 bits per heavy atom. The molecule has 0 spiro atoms. The first-order valence-corrected chi connectivity index (χ1v) is 12.7. The molecule has 0 saturated carbocycles. The van der Waals surface area contributed by atoms with E-state index in [2.05, 4.69) is 15.6 Å². The first-order chi connectivity index (χ1) is 18.9. The van der Waals surface area contributed by atoms with Gasteiger partial charge in [-0.15, -0.1) is 0 Å². The molecule has 1 aliphatic heterocycles. The highest BCUT2D eigenvalue weighted by Gasteiger charge is 2.43. The molecule has 1 unspecified atom stereocenters. The van der Waals surface area contributed by atoms with Crippen LogP contribution in [0.3, 0.4) is 0 Å². The quantitative estimate of drug-likeness (QED) is 0.285. The summed E-state index contributed by atoms with van der Waals surface area (Å²) in [5, 5.41) is 6.17. The van der Waals surface area contributed by atoms with Crippen LogP contribution in [0.25, 0.3) is 17.2 Å². The van der Waals surface area contributed by atoms with Crippen molar-refractivity contribution < 1.29 is 23.0 Å². The Labute approximate surface area is 229 Å². The lowest BCUT2D eigenvalue weighted by Gasteiger charge is -2.26. The second-order valence-electron chi connectivity index (χ2n) is 10.7. The van der Waals surface area contributed by atoms with E-state index in [1.807, 2.05) is 6.92 Å². The number of amides is 1. The molecule has 1 aromatic carbocycles. The summed E-state index contributed by atoms with van der Waals surface area (Å²) < 4.78 is 41.1. The number of carbonyl (C=O) groups is 1. The number of carbonyl (C=O) groups excluding carboxylic acids is 1. The van der Waals surface area contributed by atoms with Gasteiger partial charge in [0.05, 0.1) is 34.4 Å². The lowest BCUT2D eigenvalue weighted by atomic mass is 9.87. The minimum absolute atomic E-state index is 0.176. The van der Waals surface area contributed by atoms with Crippen LogP contribution in [-0.2, 0) is 21.6 Å². The van der Waals surface area contributed by atoms with Crippen LogP contribution in [0.2, 0.25) is 0 Å². The number of imidazole rings is 1. The number of aryl methyl sites for hydroxylation is 1. The van der Waals surface area contributed by atoms with E-state index in [1.165, 1.54) is 18.2 Å². The van der Waals surface area contributed by atoms with E-state index in [1.54, 1.807) is 50.6 Å². The topological polar surface area (TPSA) is 129 Å². The highest BCUT2D eigenvalue weighted by molar-refractivity contribution is 6.06. The van der Waals surface area contributed by atoms with Gasteiger partial charge < -0.3 is 25.8 Å². The van der Waals surface area contributed by atoms with Gasteiger partial charge in [-0.1, -0.05) is 6.07 Å². The number of hydrogen-bond acceptors (Lipinski definition) is 8. The van der Waals surface area contributed by atoms with Crippen LogP contribution in [0.15, 0.2) is 36.5 Å². The van der Waals surface area contributed by atoms with E-state index in [-0.39, 0.29) is 18.1 Å². The molecule has 1 atom stereocenters. The molecule has 0 radical (unpaired) electrons. The van der Waals surface area contributed by atoms with E-state index in [4.69, 9.17) is 25.2 Å². The van der Waals surface area contributed by atoms with Gasteiger partial charge in [-0.2, -0.15) is 0 Å². The molecule has 0 saturated heterocycles. The Kier molecular flexibility index (Phi) is 6.92. The summed E-state index contributed by atoms with van der Waals surface area (Å²) in [5.74, 6) is -0.0857. The third-order valence-corrected chi connectivity index (χ3v) is 6.90. The van der Waals surface area contributed by atoms with Crippen molar-refractivity contribution in [2.45, 2.75) is 45.3 Å². The van der Waals surface area contributed by atoms with Crippen LogP contribution in [0.4, 0.5) is 20.4 Å². The van der Waals surface area contributed by atoms with E-state index < -0.39 is 22.6 Å².